The number of thioether (sulfide) groups is 1. The van der Waals surface area contributed by atoms with E-state index >= 15 is 0 Å². The maximum atomic E-state index is 12.7. The molecule has 0 saturated heterocycles. The molecule has 1 aromatic carbocycles. The Morgan fingerprint density at radius 3 is 2.97 bits per heavy atom. The highest BCUT2D eigenvalue weighted by atomic mass is 32.2. The van der Waals surface area contributed by atoms with E-state index in [4.69, 9.17) is 4.98 Å². The summed E-state index contributed by atoms with van der Waals surface area (Å²) in [6, 6.07) is 10.3. The zero-order valence-electron chi connectivity index (χ0n) is 17.4. The van der Waals surface area contributed by atoms with Crippen molar-refractivity contribution in [3.05, 3.63) is 65.5 Å². The summed E-state index contributed by atoms with van der Waals surface area (Å²) in [5.41, 5.74) is 5.80. The average molecular weight is 421 g/mol. The number of nitrogens with zero attached hydrogens (tertiary/aromatic N) is 3. The highest BCUT2D eigenvalue weighted by Gasteiger charge is 2.15. The minimum Gasteiger partial charge on any atom is -0.354 e. The Morgan fingerprint density at radius 2 is 2.13 bits per heavy atom. The van der Waals surface area contributed by atoms with Crippen molar-refractivity contribution in [2.24, 2.45) is 0 Å². The molecule has 6 heteroatoms. The second-order valence-corrected chi connectivity index (χ2v) is 8.71. The second-order valence-electron chi connectivity index (χ2n) is 7.77. The maximum Gasteiger partial charge on any atom is 0.240 e. The van der Waals surface area contributed by atoms with Gasteiger partial charge in [0.25, 0.3) is 0 Å². The third-order valence-corrected chi connectivity index (χ3v) is 6.61. The van der Waals surface area contributed by atoms with Crippen molar-refractivity contribution in [3.63, 3.8) is 0 Å². The van der Waals surface area contributed by atoms with Crippen LogP contribution in [0.15, 0.2) is 59.5 Å². The second kappa shape index (κ2) is 9.94. The van der Waals surface area contributed by atoms with Crippen LogP contribution in [0.3, 0.4) is 0 Å². The van der Waals surface area contributed by atoms with Crippen molar-refractivity contribution in [3.8, 4) is 0 Å². The fourth-order valence-electron chi connectivity index (χ4n) is 3.82. The monoisotopic (exact) mass is 420 g/mol. The molecule has 2 heterocycles. The predicted molar refractivity (Wildman–Crippen MR) is 122 cm³/mol. The number of nitrogens with one attached hydrogen (secondary N) is 1. The molecule has 0 saturated carbocycles. The van der Waals surface area contributed by atoms with Crippen LogP contribution in [0, 0.1) is 6.92 Å². The minimum atomic E-state index is 0.0207. The van der Waals surface area contributed by atoms with E-state index in [1.807, 2.05) is 10.6 Å². The molecule has 1 aliphatic rings. The molecule has 0 bridgehead atoms. The Kier molecular flexibility index (Phi) is 6.84. The van der Waals surface area contributed by atoms with Crippen LogP contribution in [-0.2, 0) is 17.1 Å². The van der Waals surface area contributed by atoms with Crippen molar-refractivity contribution in [2.45, 2.75) is 56.5 Å². The number of amides is 1. The SMILES string of the molecule is Cc1ccccc1CSc1nc2ccncc2n1CC(=O)NCCC1=CCCCC1. The van der Waals surface area contributed by atoms with Gasteiger partial charge in [-0.3, -0.25) is 9.78 Å². The van der Waals surface area contributed by atoms with Gasteiger partial charge in [-0.1, -0.05) is 47.7 Å². The zero-order chi connectivity index (χ0) is 20.8. The predicted octanol–water partition coefficient (Wildman–Crippen LogP) is 5.04. The van der Waals surface area contributed by atoms with Crippen molar-refractivity contribution in [1.29, 1.82) is 0 Å². The quantitative estimate of drug-likeness (QED) is 0.410. The van der Waals surface area contributed by atoms with Gasteiger partial charge in [0.05, 0.1) is 17.2 Å². The molecular weight excluding hydrogens is 392 g/mol. The van der Waals surface area contributed by atoms with Gasteiger partial charge in [-0.05, 0) is 56.2 Å². The van der Waals surface area contributed by atoms with Crippen LogP contribution in [0.5, 0.6) is 0 Å². The summed E-state index contributed by atoms with van der Waals surface area (Å²) in [6.45, 7) is 3.08. The number of hydrogen-bond acceptors (Lipinski definition) is 4. The van der Waals surface area contributed by atoms with E-state index in [0.29, 0.717) is 6.54 Å². The molecule has 0 spiro atoms. The first-order valence-electron chi connectivity index (χ1n) is 10.6. The van der Waals surface area contributed by atoms with Crippen LogP contribution < -0.4 is 5.32 Å². The number of benzene rings is 1. The van der Waals surface area contributed by atoms with Gasteiger partial charge in [-0.25, -0.2) is 4.98 Å². The summed E-state index contributed by atoms with van der Waals surface area (Å²) in [5, 5.41) is 3.94. The average Bonchev–Trinajstić information content (AvgIpc) is 3.11. The molecule has 1 aliphatic carbocycles. The van der Waals surface area contributed by atoms with E-state index in [1.165, 1.54) is 42.4 Å². The third-order valence-electron chi connectivity index (χ3n) is 5.59. The lowest BCUT2D eigenvalue weighted by Crippen LogP contribution is -2.29. The number of carbonyl (C=O) groups is 1. The molecule has 2 aromatic heterocycles. The Hall–Kier alpha value is -2.60. The van der Waals surface area contributed by atoms with Crippen LogP contribution in [0.4, 0.5) is 0 Å². The topological polar surface area (TPSA) is 59.8 Å². The normalized spacial score (nSPS) is 14.0. The number of carbonyl (C=O) groups excluding carboxylic acids is 1. The first kappa shape index (κ1) is 20.7. The molecule has 5 nitrogen and oxygen atoms in total. The van der Waals surface area contributed by atoms with Crippen LogP contribution >= 0.6 is 11.8 Å². The number of hydrogen-bond donors (Lipinski definition) is 1. The molecule has 0 aliphatic heterocycles. The number of rotatable bonds is 8. The summed E-state index contributed by atoms with van der Waals surface area (Å²) >= 11 is 1.66. The van der Waals surface area contributed by atoms with Crippen LogP contribution in [0.1, 0.15) is 43.2 Å². The summed E-state index contributed by atoms with van der Waals surface area (Å²) in [5.74, 6) is 0.839. The number of aromatic nitrogens is 3. The van der Waals surface area contributed by atoms with Gasteiger partial charge in [-0.2, -0.15) is 0 Å². The number of fused-ring (bicyclic) bond motifs is 1. The molecule has 4 rings (SSSR count). The van der Waals surface area contributed by atoms with Gasteiger partial charge in [0.1, 0.15) is 6.54 Å². The highest BCUT2D eigenvalue weighted by Crippen LogP contribution is 2.27. The largest absolute Gasteiger partial charge is 0.354 e. The lowest BCUT2D eigenvalue weighted by Gasteiger charge is -2.13. The van der Waals surface area contributed by atoms with Crippen LogP contribution in [0.25, 0.3) is 11.0 Å². The summed E-state index contributed by atoms with van der Waals surface area (Å²) in [4.78, 5) is 21.7. The standard InChI is InChI=1S/C24H28N4OS/c1-18-7-5-6-10-20(18)17-30-24-27-21-12-13-25-15-22(21)28(24)16-23(29)26-14-11-19-8-3-2-4-9-19/h5-8,10,12-13,15H,2-4,9,11,14,16-17H2,1H3,(H,26,29). The first-order valence-corrected chi connectivity index (χ1v) is 11.6. The molecule has 1 amide bonds. The van der Waals surface area contributed by atoms with Crippen LogP contribution in [-0.4, -0.2) is 27.0 Å². The molecule has 156 valence electrons. The molecule has 30 heavy (non-hydrogen) atoms. The minimum absolute atomic E-state index is 0.0207. The van der Waals surface area contributed by atoms with Crippen molar-refractivity contribution >= 4 is 28.7 Å². The van der Waals surface area contributed by atoms with Crippen molar-refractivity contribution in [2.75, 3.05) is 6.54 Å². The first-order chi connectivity index (χ1) is 14.7. The van der Waals surface area contributed by atoms with E-state index in [2.05, 4.69) is 47.6 Å². The molecule has 3 aromatic rings. The number of pyridine rings is 1. The summed E-state index contributed by atoms with van der Waals surface area (Å²) < 4.78 is 1.99. The number of aryl methyl sites for hydroxylation is 1. The molecule has 0 unspecified atom stereocenters. The van der Waals surface area contributed by atoms with Crippen molar-refractivity contribution in [1.82, 2.24) is 19.9 Å². The molecule has 0 radical (unpaired) electrons. The van der Waals surface area contributed by atoms with Gasteiger partial charge in [0.2, 0.25) is 5.91 Å². The van der Waals surface area contributed by atoms with E-state index in [9.17, 15) is 4.79 Å². The number of imidazole rings is 1. The van der Waals surface area contributed by atoms with Gasteiger partial charge in [-0.15, -0.1) is 0 Å². The fraction of sp³-hybridized carbons (Fsp3) is 0.375. The van der Waals surface area contributed by atoms with Crippen LogP contribution in [0.2, 0.25) is 0 Å². The third kappa shape index (κ3) is 5.11. The Balaban J connectivity index is 1.43. The van der Waals surface area contributed by atoms with E-state index in [0.717, 1.165) is 28.4 Å². The van der Waals surface area contributed by atoms with E-state index < -0.39 is 0 Å². The van der Waals surface area contributed by atoms with Gasteiger partial charge in [0.15, 0.2) is 5.16 Å². The fourth-order valence-corrected chi connectivity index (χ4v) is 4.91. The number of allylic oxidation sites excluding steroid dienone is 1. The smallest absolute Gasteiger partial charge is 0.240 e. The van der Waals surface area contributed by atoms with Gasteiger partial charge < -0.3 is 9.88 Å². The zero-order valence-corrected chi connectivity index (χ0v) is 18.3. The van der Waals surface area contributed by atoms with Crippen molar-refractivity contribution < 1.29 is 4.79 Å². The van der Waals surface area contributed by atoms with E-state index in [-0.39, 0.29) is 12.5 Å². The lowest BCUT2D eigenvalue weighted by molar-refractivity contribution is -0.121. The maximum absolute atomic E-state index is 12.7. The van der Waals surface area contributed by atoms with Gasteiger partial charge in [0, 0.05) is 18.5 Å². The summed E-state index contributed by atoms with van der Waals surface area (Å²) in [6.07, 6.45) is 11.7. The highest BCUT2D eigenvalue weighted by molar-refractivity contribution is 7.98. The molecule has 1 N–H and O–H groups in total. The van der Waals surface area contributed by atoms with E-state index in [1.54, 1.807) is 24.2 Å². The summed E-state index contributed by atoms with van der Waals surface area (Å²) in [7, 11) is 0. The molecule has 0 fully saturated rings. The molecule has 0 atom stereocenters. The Labute approximate surface area is 182 Å². The Bertz CT molecular complexity index is 1060. The van der Waals surface area contributed by atoms with Gasteiger partial charge >= 0.3 is 0 Å². The molecular formula is C24H28N4OS. The Morgan fingerprint density at radius 1 is 1.23 bits per heavy atom. The lowest BCUT2D eigenvalue weighted by atomic mass is 9.97.